The molecule has 1 aromatic heterocycles. The minimum atomic E-state index is -4.56. The number of nitrogens with zero attached hydrogens (tertiary/aromatic N) is 1. The van der Waals surface area contributed by atoms with Crippen LogP contribution in [-0.2, 0) is 10.0 Å². The lowest BCUT2D eigenvalue weighted by molar-refractivity contribution is 0.146. The van der Waals surface area contributed by atoms with Gasteiger partial charge in [0.1, 0.15) is 9.50 Å². The molecule has 1 aromatic rings. The molecule has 0 atom stereocenters. The van der Waals surface area contributed by atoms with Crippen molar-refractivity contribution < 1.29 is 21.6 Å². The smallest absolute Gasteiger partial charge is 0.246 e. The van der Waals surface area contributed by atoms with Crippen LogP contribution < -0.4 is 5.14 Å². The van der Waals surface area contributed by atoms with Gasteiger partial charge in [-0.1, -0.05) is 0 Å². The fraction of sp³-hybridized carbons (Fsp3) is 0.167. The van der Waals surface area contributed by atoms with Crippen molar-refractivity contribution in [1.29, 1.82) is 0 Å². The highest BCUT2D eigenvalue weighted by atomic mass is 79.9. The second kappa shape index (κ2) is 4.06. The van der Waals surface area contributed by atoms with Gasteiger partial charge in [-0.25, -0.2) is 31.7 Å². The molecule has 4 nitrogen and oxygen atoms in total. The Balaban J connectivity index is 3.65. The fourth-order valence-corrected chi connectivity index (χ4v) is 2.16. The first-order valence-electron chi connectivity index (χ1n) is 3.40. The number of halogens is 4. The Labute approximate surface area is 91.5 Å². The van der Waals surface area contributed by atoms with Crippen LogP contribution in [0.1, 0.15) is 12.0 Å². The maximum absolute atomic E-state index is 13.2. The molecule has 15 heavy (non-hydrogen) atoms. The van der Waals surface area contributed by atoms with Crippen LogP contribution in [0, 0.1) is 5.82 Å². The third kappa shape index (κ3) is 2.47. The Hall–Kier alpha value is -0.670. The minimum Gasteiger partial charge on any atom is -0.246 e. The average Bonchev–Trinajstić information content (AvgIpc) is 2.06. The standard InChI is InChI=1S/C6H4BrF3N2O2S/c7-5-3(8)4(15(11,13)14)2(1-12-5)6(9)10/h1,6H,(H2,11,13,14). The number of hydrogen-bond donors (Lipinski definition) is 1. The lowest BCUT2D eigenvalue weighted by Gasteiger charge is -2.07. The van der Waals surface area contributed by atoms with Gasteiger partial charge in [0.05, 0.1) is 5.56 Å². The van der Waals surface area contributed by atoms with E-state index in [1.54, 1.807) is 0 Å². The van der Waals surface area contributed by atoms with Crippen molar-refractivity contribution in [2.24, 2.45) is 5.14 Å². The van der Waals surface area contributed by atoms with Crippen molar-refractivity contribution in [2.75, 3.05) is 0 Å². The van der Waals surface area contributed by atoms with Crippen LogP contribution in [0.15, 0.2) is 15.7 Å². The van der Waals surface area contributed by atoms with Crippen molar-refractivity contribution in [1.82, 2.24) is 4.98 Å². The first kappa shape index (κ1) is 12.4. The summed E-state index contributed by atoms with van der Waals surface area (Å²) in [4.78, 5) is 1.98. The van der Waals surface area contributed by atoms with Gasteiger partial charge in [-0.2, -0.15) is 0 Å². The van der Waals surface area contributed by atoms with Gasteiger partial charge in [0.25, 0.3) is 6.43 Å². The van der Waals surface area contributed by atoms with E-state index in [9.17, 15) is 21.6 Å². The zero-order valence-electron chi connectivity index (χ0n) is 6.92. The summed E-state index contributed by atoms with van der Waals surface area (Å²) in [5.41, 5.74) is -1.06. The maximum atomic E-state index is 13.2. The van der Waals surface area contributed by atoms with Gasteiger partial charge >= 0.3 is 0 Å². The van der Waals surface area contributed by atoms with Gasteiger partial charge in [-0.05, 0) is 15.9 Å². The van der Waals surface area contributed by atoms with Crippen molar-refractivity contribution in [3.05, 3.63) is 22.2 Å². The van der Waals surface area contributed by atoms with Gasteiger partial charge in [0, 0.05) is 6.20 Å². The summed E-state index contributed by atoms with van der Waals surface area (Å²) in [6, 6.07) is 0. The van der Waals surface area contributed by atoms with Gasteiger partial charge < -0.3 is 0 Å². The molecule has 1 heterocycles. The predicted octanol–water partition coefficient (Wildman–Crippen LogP) is 1.57. The molecule has 9 heteroatoms. The summed E-state index contributed by atoms with van der Waals surface area (Å²) in [5, 5.41) is 4.62. The molecule has 0 radical (unpaired) electrons. The minimum absolute atomic E-state index is 0.490. The van der Waals surface area contributed by atoms with E-state index in [1.807, 2.05) is 0 Å². The van der Waals surface area contributed by atoms with E-state index >= 15 is 0 Å². The SMILES string of the molecule is NS(=O)(=O)c1c(C(F)F)cnc(Br)c1F. The monoisotopic (exact) mass is 304 g/mol. The van der Waals surface area contributed by atoms with Crippen molar-refractivity contribution in [2.45, 2.75) is 11.3 Å². The summed E-state index contributed by atoms with van der Waals surface area (Å²) in [6.07, 6.45) is -2.62. The first-order valence-corrected chi connectivity index (χ1v) is 5.74. The number of primary sulfonamides is 1. The quantitative estimate of drug-likeness (QED) is 0.843. The van der Waals surface area contributed by atoms with Crippen LogP contribution in [0.4, 0.5) is 13.2 Å². The summed E-state index contributed by atoms with van der Waals surface area (Å²) in [7, 11) is -4.56. The molecule has 0 spiro atoms. The number of alkyl halides is 2. The molecule has 0 aliphatic rings. The number of nitrogens with two attached hydrogens (primary N) is 1. The van der Waals surface area contributed by atoms with Crippen LogP contribution in [-0.4, -0.2) is 13.4 Å². The fourth-order valence-electron chi connectivity index (χ4n) is 0.907. The number of aromatic nitrogens is 1. The van der Waals surface area contributed by atoms with E-state index in [1.165, 1.54) is 0 Å². The summed E-state index contributed by atoms with van der Waals surface area (Å²) in [6.45, 7) is 0. The van der Waals surface area contributed by atoms with Crippen molar-refractivity contribution in [3.8, 4) is 0 Å². The summed E-state index contributed by atoms with van der Waals surface area (Å²) in [5.74, 6) is -1.42. The Bertz CT molecular complexity index is 491. The van der Waals surface area contributed by atoms with Gasteiger partial charge in [0.2, 0.25) is 10.0 Å². The molecule has 0 saturated heterocycles. The second-order valence-corrected chi connectivity index (χ2v) is 4.74. The van der Waals surface area contributed by atoms with Gasteiger partial charge in [0.15, 0.2) is 5.82 Å². The number of pyridine rings is 1. The second-order valence-electron chi connectivity index (χ2n) is 2.49. The largest absolute Gasteiger partial charge is 0.266 e. The molecule has 0 bridgehead atoms. The predicted molar refractivity (Wildman–Crippen MR) is 48.2 cm³/mol. The van der Waals surface area contributed by atoms with Crippen LogP contribution in [0.2, 0.25) is 0 Å². The zero-order valence-corrected chi connectivity index (χ0v) is 9.32. The maximum Gasteiger partial charge on any atom is 0.266 e. The lowest BCUT2D eigenvalue weighted by atomic mass is 10.3. The number of hydrogen-bond acceptors (Lipinski definition) is 3. The molecule has 0 saturated carbocycles. The highest BCUT2D eigenvalue weighted by Gasteiger charge is 2.27. The molecule has 0 amide bonds. The van der Waals surface area contributed by atoms with E-state index < -0.39 is 37.3 Å². The third-order valence-corrected chi connectivity index (χ3v) is 3.02. The molecular weight excluding hydrogens is 301 g/mol. The first-order chi connectivity index (χ1) is 6.75. The zero-order chi connectivity index (χ0) is 11.8. The number of rotatable bonds is 2. The van der Waals surface area contributed by atoms with Crippen molar-refractivity contribution in [3.63, 3.8) is 0 Å². The lowest BCUT2D eigenvalue weighted by Crippen LogP contribution is -2.17. The van der Waals surface area contributed by atoms with E-state index in [-0.39, 0.29) is 0 Å². The molecule has 1 rings (SSSR count). The van der Waals surface area contributed by atoms with Crippen LogP contribution in [0.3, 0.4) is 0 Å². The Kier molecular flexibility index (Phi) is 3.36. The van der Waals surface area contributed by atoms with Crippen molar-refractivity contribution >= 4 is 26.0 Å². The molecule has 84 valence electrons. The molecule has 0 unspecified atom stereocenters. The molecule has 0 fully saturated rings. The highest BCUT2D eigenvalue weighted by Crippen LogP contribution is 2.29. The third-order valence-electron chi connectivity index (χ3n) is 1.48. The van der Waals surface area contributed by atoms with Crippen LogP contribution in [0.25, 0.3) is 0 Å². The Morgan fingerprint density at radius 1 is 1.47 bits per heavy atom. The average molecular weight is 305 g/mol. The van der Waals surface area contributed by atoms with E-state index in [0.717, 1.165) is 0 Å². The topological polar surface area (TPSA) is 73.1 Å². The van der Waals surface area contributed by atoms with Crippen LogP contribution in [0.5, 0.6) is 0 Å². The van der Waals surface area contributed by atoms with E-state index in [2.05, 4.69) is 26.1 Å². The van der Waals surface area contributed by atoms with E-state index in [0.29, 0.717) is 6.20 Å². The molecule has 2 N–H and O–H groups in total. The number of sulfonamides is 1. The summed E-state index contributed by atoms with van der Waals surface area (Å²) < 4.78 is 59.2. The summed E-state index contributed by atoms with van der Waals surface area (Å²) >= 11 is 2.57. The normalized spacial score (nSPS) is 12.1. The molecular formula is C6H4BrF3N2O2S. The molecule has 0 aromatic carbocycles. The molecule has 0 aliphatic heterocycles. The Morgan fingerprint density at radius 3 is 2.40 bits per heavy atom. The van der Waals surface area contributed by atoms with Crippen LogP contribution >= 0.6 is 15.9 Å². The Morgan fingerprint density at radius 2 is 2.00 bits per heavy atom. The highest BCUT2D eigenvalue weighted by molar-refractivity contribution is 9.10. The van der Waals surface area contributed by atoms with Gasteiger partial charge in [-0.3, -0.25) is 0 Å². The van der Waals surface area contributed by atoms with E-state index in [4.69, 9.17) is 0 Å². The molecule has 0 aliphatic carbocycles. The van der Waals surface area contributed by atoms with Gasteiger partial charge in [-0.15, -0.1) is 0 Å².